The van der Waals surface area contributed by atoms with Gasteiger partial charge in [0.1, 0.15) is 0 Å². The monoisotopic (exact) mass is 272 g/mol. The van der Waals surface area contributed by atoms with Crippen molar-refractivity contribution >= 4 is 28.4 Å². The molecule has 1 N–H and O–H groups in total. The predicted molar refractivity (Wildman–Crippen MR) is 79.8 cm³/mol. The maximum Gasteiger partial charge on any atom is 0.164 e. The molecule has 3 nitrogen and oxygen atoms in total. The third kappa shape index (κ3) is 2.96. The van der Waals surface area contributed by atoms with E-state index in [0.717, 1.165) is 34.5 Å². The first-order chi connectivity index (χ1) is 9.33. The summed E-state index contributed by atoms with van der Waals surface area (Å²) in [7, 11) is 0. The number of benzene rings is 1. The van der Waals surface area contributed by atoms with Crippen molar-refractivity contribution in [3.8, 4) is 0 Å². The molecule has 1 fully saturated rings. The van der Waals surface area contributed by atoms with Crippen LogP contribution in [0.4, 0.5) is 0 Å². The van der Waals surface area contributed by atoms with Gasteiger partial charge in [0.2, 0.25) is 0 Å². The molecule has 0 aliphatic carbocycles. The van der Waals surface area contributed by atoms with Crippen molar-refractivity contribution in [3.05, 3.63) is 42.1 Å². The summed E-state index contributed by atoms with van der Waals surface area (Å²) in [5.41, 5.74) is 1.73. The molecule has 1 aromatic carbocycles. The summed E-state index contributed by atoms with van der Waals surface area (Å²) in [6, 6.07) is 9.96. The SMILES string of the molecule is O=C(CC1CSCCN1)c1ccc2ncccc2c1. The highest BCUT2D eigenvalue weighted by atomic mass is 32.2. The first-order valence-electron chi connectivity index (χ1n) is 6.52. The average molecular weight is 272 g/mol. The number of thioether (sulfide) groups is 1. The quantitative estimate of drug-likeness (QED) is 0.872. The molecule has 1 saturated heterocycles. The van der Waals surface area contributed by atoms with Gasteiger partial charge in [-0.15, -0.1) is 0 Å². The number of rotatable bonds is 3. The lowest BCUT2D eigenvalue weighted by atomic mass is 10.0. The standard InChI is InChI=1S/C15H16N2OS/c18-15(9-13-10-19-7-6-16-13)12-3-4-14-11(8-12)2-1-5-17-14/h1-5,8,13,16H,6-7,9-10H2. The van der Waals surface area contributed by atoms with Crippen LogP contribution in [0.2, 0.25) is 0 Å². The Kier molecular flexibility index (Phi) is 3.80. The minimum atomic E-state index is 0.214. The molecular weight excluding hydrogens is 256 g/mol. The van der Waals surface area contributed by atoms with E-state index in [1.54, 1.807) is 6.20 Å². The lowest BCUT2D eigenvalue weighted by molar-refractivity contribution is 0.0972. The fourth-order valence-corrected chi connectivity index (χ4v) is 3.29. The number of hydrogen-bond acceptors (Lipinski definition) is 4. The fourth-order valence-electron chi connectivity index (χ4n) is 2.34. The molecule has 0 saturated carbocycles. The summed E-state index contributed by atoms with van der Waals surface area (Å²) in [4.78, 5) is 16.6. The van der Waals surface area contributed by atoms with Gasteiger partial charge in [-0.05, 0) is 24.3 Å². The molecule has 0 spiro atoms. The van der Waals surface area contributed by atoms with Gasteiger partial charge in [-0.2, -0.15) is 11.8 Å². The lowest BCUT2D eigenvalue weighted by Gasteiger charge is -2.22. The second kappa shape index (κ2) is 5.72. The van der Waals surface area contributed by atoms with Crippen molar-refractivity contribution < 1.29 is 4.79 Å². The number of ketones is 1. The molecule has 1 unspecified atom stereocenters. The van der Waals surface area contributed by atoms with E-state index >= 15 is 0 Å². The Balaban J connectivity index is 1.77. The Morgan fingerprint density at radius 3 is 3.21 bits per heavy atom. The number of nitrogens with zero attached hydrogens (tertiary/aromatic N) is 1. The number of carbonyl (C=O) groups is 1. The summed E-state index contributed by atoms with van der Waals surface area (Å²) >= 11 is 1.92. The summed E-state index contributed by atoms with van der Waals surface area (Å²) in [6.07, 6.45) is 2.35. The van der Waals surface area contributed by atoms with Crippen molar-refractivity contribution in [2.75, 3.05) is 18.1 Å². The van der Waals surface area contributed by atoms with E-state index in [-0.39, 0.29) is 5.78 Å². The molecule has 0 bridgehead atoms. The molecule has 2 heterocycles. The summed E-state index contributed by atoms with van der Waals surface area (Å²) < 4.78 is 0. The second-order valence-corrected chi connectivity index (χ2v) is 5.91. The van der Waals surface area contributed by atoms with Crippen LogP contribution in [0, 0.1) is 0 Å². The third-order valence-electron chi connectivity index (χ3n) is 3.36. The Morgan fingerprint density at radius 2 is 2.37 bits per heavy atom. The lowest BCUT2D eigenvalue weighted by Crippen LogP contribution is -2.38. The maximum atomic E-state index is 12.3. The molecule has 98 valence electrons. The highest BCUT2D eigenvalue weighted by Crippen LogP contribution is 2.17. The van der Waals surface area contributed by atoms with E-state index in [2.05, 4.69) is 10.3 Å². The third-order valence-corrected chi connectivity index (χ3v) is 4.49. The summed E-state index contributed by atoms with van der Waals surface area (Å²) in [5, 5.41) is 4.43. The van der Waals surface area contributed by atoms with Gasteiger partial charge >= 0.3 is 0 Å². The van der Waals surface area contributed by atoms with Crippen LogP contribution < -0.4 is 5.32 Å². The van der Waals surface area contributed by atoms with E-state index in [1.807, 2.05) is 42.1 Å². The van der Waals surface area contributed by atoms with E-state index in [9.17, 15) is 4.79 Å². The zero-order chi connectivity index (χ0) is 13.1. The molecule has 2 aromatic rings. The minimum Gasteiger partial charge on any atom is -0.312 e. The van der Waals surface area contributed by atoms with Gasteiger partial charge in [0, 0.05) is 47.7 Å². The molecule has 19 heavy (non-hydrogen) atoms. The van der Waals surface area contributed by atoms with E-state index in [0.29, 0.717) is 12.5 Å². The van der Waals surface area contributed by atoms with Crippen molar-refractivity contribution in [1.82, 2.24) is 10.3 Å². The summed E-state index contributed by atoms with van der Waals surface area (Å²) in [5.74, 6) is 2.39. The smallest absolute Gasteiger partial charge is 0.164 e. The normalized spacial score (nSPS) is 19.5. The summed E-state index contributed by atoms with van der Waals surface area (Å²) in [6.45, 7) is 1.00. The topological polar surface area (TPSA) is 42.0 Å². The Labute approximate surface area is 116 Å². The second-order valence-electron chi connectivity index (χ2n) is 4.76. The van der Waals surface area contributed by atoms with Gasteiger partial charge in [-0.3, -0.25) is 9.78 Å². The predicted octanol–water partition coefficient (Wildman–Crippen LogP) is 2.51. The molecule has 0 radical (unpaired) electrons. The number of fused-ring (bicyclic) bond motifs is 1. The molecule has 1 aliphatic heterocycles. The zero-order valence-corrected chi connectivity index (χ0v) is 11.5. The highest BCUT2D eigenvalue weighted by Gasteiger charge is 2.17. The van der Waals surface area contributed by atoms with Crippen molar-refractivity contribution in [2.24, 2.45) is 0 Å². The number of pyridine rings is 1. The van der Waals surface area contributed by atoms with Crippen LogP contribution in [0.3, 0.4) is 0 Å². The molecule has 4 heteroatoms. The van der Waals surface area contributed by atoms with Gasteiger partial charge in [-0.25, -0.2) is 0 Å². The number of aromatic nitrogens is 1. The fraction of sp³-hybridized carbons (Fsp3) is 0.333. The van der Waals surface area contributed by atoms with Crippen LogP contribution in [0.5, 0.6) is 0 Å². The van der Waals surface area contributed by atoms with Gasteiger partial charge in [0.05, 0.1) is 5.52 Å². The highest BCUT2D eigenvalue weighted by molar-refractivity contribution is 7.99. The van der Waals surface area contributed by atoms with Crippen LogP contribution in [0.15, 0.2) is 36.5 Å². The maximum absolute atomic E-state index is 12.3. The van der Waals surface area contributed by atoms with Crippen molar-refractivity contribution in [2.45, 2.75) is 12.5 Å². The molecular formula is C15H16N2OS. The Morgan fingerprint density at radius 1 is 1.42 bits per heavy atom. The average Bonchev–Trinajstić information content (AvgIpc) is 2.48. The number of Topliss-reactive ketones (excluding diaryl/α,β-unsaturated/α-hetero) is 1. The van der Waals surface area contributed by atoms with Crippen LogP contribution in [-0.4, -0.2) is 34.9 Å². The van der Waals surface area contributed by atoms with Crippen LogP contribution in [0.1, 0.15) is 16.8 Å². The van der Waals surface area contributed by atoms with Crippen LogP contribution in [0.25, 0.3) is 10.9 Å². The van der Waals surface area contributed by atoms with Gasteiger partial charge in [0.15, 0.2) is 5.78 Å². The zero-order valence-electron chi connectivity index (χ0n) is 10.6. The Bertz CT molecular complexity index is 593. The number of hydrogen-bond donors (Lipinski definition) is 1. The van der Waals surface area contributed by atoms with Gasteiger partial charge in [-0.1, -0.05) is 6.07 Å². The van der Waals surface area contributed by atoms with Crippen molar-refractivity contribution in [3.63, 3.8) is 0 Å². The van der Waals surface area contributed by atoms with E-state index in [4.69, 9.17) is 0 Å². The van der Waals surface area contributed by atoms with Crippen LogP contribution in [-0.2, 0) is 0 Å². The van der Waals surface area contributed by atoms with E-state index < -0.39 is 0 Å². The minimum absolute atomic E-state index is 0.214. The van der Waals surface area contributed by atoms with Crippen LogP contribution >= 0.6 is 11.8 Å². The van der Waals surface area contributed by atoms with Gasteiger partial charge in [0.25, 0.3) is 0 Å². The van der Waals surface area contributed by atoms with E-state index in [1.165, 1.54) is 0 Å². The molecule has 1 aliphatic rings. The largest absolute Gasteiger partial charge is 0.312 e. The Hall–Kier alpha value is -1.39. The van der Waals surface area contributed by atoms with Crippen molar-refractivity contribution in [1.29, 1.82) is 0 Å². The van der Waals surface area contributed by atoms with Gasteiger partial charge < -0.3 is 5.32 Å². The first kappa shape index (κ1) is 12.6. The molecule has 0 amide bonds. The number of carbonyl (C=O) groups excluding carboxylic acids is 1. The number of nitrogens with one attached hydrogen (secondary N) is 1. The molecule has 1 aromatic heterocycles. The first-order valence-corrected chi connectivity index (χ1v) is 7.67. The molecule has 3 rings (SSSR count). The molecule has 1 atom stereocenters.